The standard InChI is InChI=1S/C56H108O6/c1-5-7-9-11-13-15-17-19-21-22-23-25-27-29-31-37-41-45-49-56(59)62-53(51-61-55(58)48-44-40-36-33-32-34-38-42-46-52(3)4)50-60-54(57)47-43-39-35-30-28-26-24-20-18-16-14-12-10-8-6-2/h52-53H,5-51H2,1-4H3/t53-/m1/s1. The Hall–Kier alpha value is -1.59. The van der Waals surface area contributed by atoms with E-state index in [9.17, 15) is 14.4 Å². The summed E-state index contributed by atoms with van der Waals surface area (Å²) in [6.07, 6.45) is 53.8. The average Bonchev–Trinajstić information content (AvgIpc) is 3.26. The van der Waals surface area contributed by atoms with Gasteiger partial charge in [-0.2, -0.15) is 0 Å². The zero-order valence-electron chi connectivity index (χ0n) is 42.3. The van der Waals surface area contributed by atoms with Crippen LogP contribution in [0.3, 0.4) is 0 Å². The van der Waals surface area contributed by atoms with Crippen LogP contribution in [0.4, 0.5) is 0 Å². The van der Waals surface area contributed by atoms with E-state index in [1.165, 1.54) is 212 Å². The van der Waals surface area contributed by atoms with Gasteiger partial charge >= 0.3 is 17.9 Å². The maximum atomic E-state index is 12.8. The molecule has 0 aliphatic heterocycles. The van der Waals surface area contributed by atoms with Gasteiger partial charge in [-0.3, -0.25) is 14.4 Å². The van der Waals surface area contributed by atoms with Crippen LogP contribution in [0.2, 0.25) is 0 Å². The molecule has 62 heavy (non-hydrogen) atoms. The number of hydrogen-bond acceptors (Lipinski definition) is 6. The normalized spacial score (nSPS) is 12.0. The predicted molar refractivity (Wildman–Crippen MR) is 266 cm³/mol. The second kappa shape index (κ2) is 50.4. The van der Waals surface area contributed by atoms with Gasteiger partial charge in [-0.25, -0.2) is 0 Å². The van der Waals surface area contributed by atoms with Gasteiger partial charge in [0.05, 0.1) is 0 Å². The Bertz CT molecular complexity index is 933. The van der Waals surface area contributed by atoms with Crippen molar-refractivity contribution in [2.75, 3.05) is 13.2 Å². The van der Waals surface area contributed by atoms with Crippen LogP contribution >= 0.6 is 0 Å². The molecule has 0 aromatic heterocycles. The van der Waals surface area contributed by atoms with E-state index in [-0.39, 0.29) is 31.1 Å². The minimum absolute atomic E-state index is 0.0626. The number of hydrogen-bond donors (Lipinski definition) is 0. The highest BCUT2D eigenvalue weighted by atomic mass is 16.6. The Labute approximate surface area is 387 Å². The monoisotopic (exact) mass is 877 g/mol. The van der Waals surface area contributed by atoms with Gasteiger partial charge in [0, 0.05) is 19.3 Å². The van der Waals surface area contributed by atoms with Crippen molar-refractivity contribution in [2.45, 2.75) is 323 Å². The molecule has 0 aliphatic carbocycles. The minimum atomic E-state index is -0.761. The summed E-state index contributed by atoms with van der Waals surface area (Å²) in [6, 6.07) is 0. The maximum absolute atomic E-state index is 12.8. The van der Waals surface area contributed by atoms with E-state index >= 15 is 0 Å². The molecule has 0 N–H and O–H groups in total. The number of unbranched alkanes of at least 4 members (excludes halogenated alkanes) is 38. The lowest BCUT2D eigenvalue weighted by Crippen LogP contribution is -2.30. The molecular weight excluding hydrogens is 769 g/mol. The Balaban J connectivity index is 4.27. The summed E-state index contributed by atoms with van der Waals surface area (Å²) in [5.74, 6) is -0.0444. The van der Waals surface area contributed by atoms with Crippen LogP contribution in [0.1, 0.15) is 317 Å². The van der Waals surface area contributed by atoms with Gasteiger partial charge < -0.3 is 14.2 Å². The largest absolute Gasteiger partial charge is 0.462 e. The molecule has 0 aliphatic rings. The molecule has 6 nitrogen and oxygen atoms in total. The second-order valence-electron chi connectivity index (χ2n) is 19.7. The van der Waals surface area contributed by atoms with Crippen LogP contribution in [0.15, 0.2) is 0 Å². The topological polar surface area (TPSA) is 78.9 Å². The Morgan fingerprint density at radius 3 is 0.790 bits per heavy atom. The molecule has 0 bridgehead atoms. The number of rotatable bonds is 51. The van der Waals surface area contributed by atoms with E-state index in [0.717, 1.165) is 63.7 Å². The van der Waals surface area contributed by atoms with Crippen LogP contribution in [0, 0.1) is 5.92 Å². The van der Waals surface area contributed by atoms with Crippen molar-refractivity contribution in [1.29, 1.82) is 0 Å². The summed E-state index contributed by atoms with van der Waals surface area (Å²) >= 11 is 0. The molecule has 0 radical (unpaired) electrons. The lowest BCUT2D eigenvalue weighted by Gasteiger charge is -2.18. The van der Waals surface area contributed by atoms with Gasteiger partial charge in [0.2, 0.25) is 0 Å². The van der Waals surface area contributed by atoms with E-state index in [1.54, 1.807) is 0 Å². The molecule has 0 fully saturated rings. The van der Waals surface area contributed by atoms with Gasteiger partial charge in [0.25, 0.3) is 0 Å². The summed E-state index contributed by atoms with van der Waals surface area (Å²) in [5.41, 5.74) is 0. The van der Waals surface area contributed by atoms with E-state index < -0.39 is 6.10 Å². The zero-order chi connectivity index (χ0) is 45.2. The number of carbonyl (C=O) groups is 3. The molecule has 0 rings (SSSR count). The SMILES string of the molecule is CCCCCCCCCCCCCCCCCCCCC(=O)O[C@H](COC(=O)CCCCCCCCCCCCCCCCC)COC(=O)CCCCCCCCCCC(C)C. The Morgan fingerprint density at radius 2 is 0.532 bits per heavy atom. The molecule has 0 saturated carbocycles. The van der Waals surface area contributed by atoms with Crippen LogP contribution in [-0.2, 0) is 28.6 Å². The quantitative estimate of drug-likeness (QED) is 0.0344. The number of carbonyl (C=O) groups excluding carboxylic acids is 3. The smallest absolute Gasteiger partial charge is 0.306 e. The van der Waals surface area contributed by atoms with E-state index in [2.05, 4.69) is 27.7 Å². The third-order valence-electron chi connectivity index (χ3n) is 12.8. The van der Waals surface area contributed by atoms with Crippen molar-refractivity contribution in [2.24, 2.45) is 5.92 Å². The first-order valence-electron chi connectivity index (χ1n) is 27.9. The number of ether oxygens (including phenoxy) is 3. The van der Waals surface area contributed by atoms with Crippen molar-refractivity contribution in [3.8, 4) is 0 Å². The lowest BCUT2D eigenvalue weighted by molar-refractivity contribution is -0.167. The van der Waals surface area contributed by atoms with Gasteiger partial charge in [-0.05, 0) is 25.2 Å². The minimum Gasteiger partial charge on any atom is -0.462 e. The van der Waals surface area contributed by atoms with Crippen LogP contribution in [0.25, 0.3) is 0 Å². The Morgan fingerprint density at radius 1 is 0.306 bits per heavy atom. The second-order valence-corrected chi connectivity index (χ2v) is 19.7. The van der Waals surface area contributed by atoms with Gasteiger partial charge in [-0.15, -0.1) is 0 Å². The van der Waals surface area contributed by atoms with Gasteiger partial charge in [0.1, 0.15) is 13.2 Å². The van der Waals surface area contributed by atoms with Crippen LogP contribution in [0.5, 0.6) is 0 Å². The van der Waals surface area contributed by atoms with Gasteiger partial charge in [-0.1, -0.05) is 278 Å². The molecule has 6 heteroatoms. The van der Waals surface area contributed by atoms with E-state index in [4.69, 9.17) is 14.2 Å². The van der Waals surface area contributed by atoms with Crippen LogP contribution < -0.4 is 0 Å². The lowest BCUT2D eigenvalue weighted by atomic mass is 10.0. The molecule has 0 aromatic rings. The van der Waals surface area contributed by atoms with E-state index in [0.29, 0.717) is 19.3 Å². The fourth-order valence-corrected chi connectivity index (χ4v) is 8.57. The molecule has 0 spiro atoms. The molecule has 0 amide bonds. The molecule has 0 saturated heterocycles. The Kier molecular flexibility index (Phi) is 49.1. The highest BCUT2D eigenvalue weighted by Crippen LogP contribution is 2.18. The van der Waals surface area contributed by atoms with Crippen molar-refractivity contribution in [3.63, 3.8) is 0 Å². The van der Waals surface area contributed by atoms with Crippen molar-refractivity contribution in [3.05, 3.63) is 0 Å². The first-order valence-corrected chi connectivity index (χ1v) is 27.9. The average molecular weight is 877 g/mol. The van der Waals surface area contributed by atoms with Crippen molar-refractivity contribution >= 4 is 17.9 Å². The molecule has 0 aromatic carbocycles. The van der Waals surface area contributed by atoms with Crippen LogP contribution in [-0.4, -0.2) is 37.2 Å². The first-order chi connectivity index (χ1) is 30.4. The zero-order valence-corrected chi connectivity index (χ0v) is 42.3. The fraction of sp³-hybridized carbons (Fsp3) is 0.946. The summed E-state index contributed by atoms with van der Waals surface area (Å²) < 4.78 is 16.8. The molecular formula is C56H108O6. The number of esters is 3. The molecule has 368 valence electrons. The first kappa shape index (κ1) is 60.4. The fourth-order valence-electron chi connectivity index (χ4n) is 8.57. The predicted octanol–water partition coefficient (Wildman–Crippen LogP) is 18.2. The summed E-state index contributed by atoms with van der Waals surface area (Å²) in [5, 5.41) is 0. The van der Waals surface area contributed by atoms with Gasteiger partial charge in [0.15, 0.2) is 6.10 Å². The third-order valence-corrected chi connectivity index (χ3v) is 12.8. The van der Waals surface area contributed by atoms with Crippen molar-refractivity contribution in [1.82, 2.24) is 0 Å². The maximum Gasteiger partial charge on any atom is 0.306 e. The summed E-state index contributed by atoms with van der Waals surface area (Å²) in [7, 11) is 0. The van der Waals surface area contributed by atoms with E-state index in [1.807, 2.05) is 0 Å². The summed E-state index contributed by atoms with van der Waals surface area (Å²) in [4.78, 5) is 38.0. The van der Waals surface area contributed by atoms with Crippen molar-refractivity contribution < 1.29 is 28.6 Å². The molecule has 0 heterocycles. The highest BCUT2D eigenvalue weighted by Gasteiger charge is 2.19. The third kappa shape index (κ3) is 49.4. The summed E-state index contributed by atoms with van der Waals surface area (Å²) in [6.45, 7) is 9.01. The molecule has 0 unspecified atom stereocenters. The highest BCUT2D eigenvalue weighted by molar-refractivity contribution is 5.71. The molecule has 1 atom stereocenters.